The van der Waals surface area contributed by atoms with E-state index in [1.807, 2.05) is 48.5 Å². The van der Waals surface area contributed by atoms with Crippen LogP contribution in [-0.2, 0) is 16.1 Å². The topological polar surface area (TPSA) is 86.0 Å². The number of carbonyl (C=O) groups excluding carboxylic acids is 1. The quantitative estimate of drug-likeness (QED) is 0.371. The molecule has 8 nitrogen and oxygen atoms in total. The van der Waals surface area contributed by atoms with Crippen molar-refractivity contribution in [3.8, 4) is 0 Å². The Labute approximate surface area is 188 Å². The number of para-hydroxylation sites is 2. The number of imidazole rings is 1. The Morgan fingerprint density at radius 2 is 2.00 bits per heavy atom. The van der Waals surface area contributed by atoms with Gasteiger partial charge in [-0.05, 0) is 36.4 Å². The highest BCUT2D eigenvalue weighted by Gasteiger charge is 2.35. The zero-order valence-electron chi connectivity index (χ0n) is 17.5. The van der Waals surface area contributed by atoms with Gasteiger partial charge in [-0.1, -0.05) is 23.9 Å². The highest BCUT2D eigenvalue weighted by atomic mass is 32.2. The molecule has 3 aromatic heterocycles. The van der Waals surface area contributed by atoms with Gasteiger partial charge in [0, 0.05) is 20.1 Å². The summed E-state index contributed by atoms with van der Waals surface area (Å²) in [6.07, 6.45) is 3.74. The Balaban J connectivity index is 1.38. The second-order valence-electron chi connectivity index (χ2n) is 7.31. The van der Waals surface area contributed by atoms with Crippen molar-refractivity contribution in [1.29, 1.82) is 0 Å². The fourth-order valence-corrected chi connectivity index (χ4v) is 4.68. The number of hydrogen-bond donors (Lipinski definition) is 0. The van der Waals surface area contributed by atoms with E-state index in [9.17, 15) is 4.79 Å². The molecule has 0 bridgehead atoms. The third kappa shape index (κ3) is 3.96. The van der Waals surface area contributed by atoms with E-state index in [1.165, 1.54) is 16.8 Å². The maximum atomic E-state index is 13.2. The molecular weight excluding hydrogens is 428 g/mol. The predicted molar refractivity (Wildman–Crippen MR) is 120 cm³/mol. The van der Waals surface area contributed by atoms with Gasteiger partial charge in [-0.2, -0.15) is 5.10 Å². The number of thioether (sulfide) groups is 1. The van der Waals surface area contributed by atoms with Crippen LogP contribution < -0.4 is 0 Å². The Morgan fingerprint density at radius 3 is 2.78 bits per heavy atom. The summed E-state index contributed by atoms with van der Waals surface area (Å²) in [5, 5.41) is 6.87. The predicted octanol–water partition coefficient (Wildman–Crippen LogP) is 4.34. The lowest BCUT2D eigenvalue weighted by molar-refractivity contribution is -0.130. The molecule has 0 fully saturated rings. The standard InChI is InChI=1S/C23H22N4O4S/c1-29-13-10-26-18-7-3-2-6-16(18)24-23(26)32-15-22(28)27-19(21-9-5-12-31-21)14-17(25-27)20-8-4-11-30-20/h2-9,11-12,19H,10,13-15H2,1H3. The van der Waals surface area contributed by atoms with Crippen molar-refractivity contribution in [2.75, 3.05) is 19.5 Å². The summed E-state index contributed by atoms with van der Waals surface area (Å²) in [5.74, 6) is 1.43. The molecule has 0 radical (unpaired) electrons. The highest BCUT2D eigenvalue weighted by Crippen LogP contribution is 2.34. The minimum absolute atomic E-state index is 0.122. The first-order chi connectivity index (χ1) is 15.7. The lowest BCUT2D eigenvalue weighted by atomic mass is 10.1. The second-order valence-corrected chi connectivity index (χ2v) is 8.26. The smallest absolute Gasteiger partial charge is 0.253 e. The maximum Gasteiger partial charge on any atom is 0.253 e. The summed E-state index contributed by atoms with van der Waals surface area (Å²) >= 11 is 1.40. The number of benzene rings is 1. The molecule has 0 saturated carbocycles. The van der Waals surface area contributed by atoms with E-state index < -0.39 is 0 Å². The van der Waals surface area contributed by atoms with Gasteiger partial charge in [0.2, 0.25) is 0 Å². The lowest BCUT2D eigenvalue weighted by Crippen LogP contribution is -2.28. The number of furan rings is 2. The zero-order chi connectivity index (χ0) is 21.9. The molecule has 1 aliphatic rings. The van der Waals surface area contributed by atoms with Gasteiger partial charge in [-0.3, -0.25) is 4.79 Å². The average molecular weight is 451 g/mol. The van der Waals surface area contributed by atoms with Crippen LogP contribution in [0, 0.1) is 0 Å². The van der Waals surface area contributed by atoms with Gasteiger partial charge < -0.3 is 18.1 Å². The van der Waals surface area contributed by atoms with Crippen molar-refractivity contribution in [2.45, 2.75) is 24.2 Å². The van der Waals surface area contributed by atoms with Crippen LogP contribution in [0.1, 0.15) is 24.0 Å². The average Bonchev–Trinajstić information content (AvgIpc) is 3.61. The molecule has 1 unspecified atom stereocenters. The third-order valence-electron chi connectivity index (χ3n) is 5.31. The third-order valence-corrected chi connectivity index (χ3v) is 6.27. The number of hydrazone groups is 1. The molecule has 32 heavy (non-hydrogen) atoms. The number of amides is 1. The number of fused-ring (bicyclic) bond motifs is 1. The monoisotopic (exact) mass is 450 g/mol. The largest absolute Gasteiger partial charge is 0.467 e. The van der Waals surface area contributed by atoms with Gasteiger partial charge in [0.1, 0.15) is 23.3 Å². The van der Waals surface area contributed by atoms with E-state index in [4.69, 9.17) is 18.6 Å². The first kappa shape index (κ1) is 20.6. The van der Waals surface area contributed by atoms with Crippen LogP contribution in [0.2, 0.25) is 0 Å². The molecule has 1 aliphatic heterocycles. The zero-order valence-corrected chi connectivity index (χ0v) is 18.3. The van der Waals surface area contributed by atoms with E-state index in [0.717, 1.165) is 21.9 Å². The van der Waals surface area contributed by atoms with E-state index in [-0.39, 0.29) is 17.7 Å². The van der Waals surface area contributed by atoms with Crippen LogP contribution in [-0.4, -0.2) is 45.6 Å². The van der Waals surface area contributed by atoms with Crippen molar-refractivity contribution in [3.63, 3.8) is 0 Å². The number of hydrogen-bond acceptors (Lipinski definition) is 7. The van der Waals surface area contributed by atoms with Gasteiger partial charge in [0.05, 0.1) is 35.9 Å². The molecule has 9 heteroatoms. The number of nitrogens with zero attached hydrogens (tertiary/aromatic N) is 4. The van der Waals surface area contributed by atoms with Crippen molar-refractivity contribution >= 4 is 34.4 Å². The van der Waals surface area contributed by atoms with E-state index in [2.05, 4.69) is 9.67 Å². The Kier molecular flexibility index (Phi) is 5.83. The number of rotatable bonds is 8. The van der Waals surface area contributed by atoms with Gasteiger partial charge in [-0.25, -0.2) is 9.99 Å². The molecule has 4 aromatic rings. The minimum atomic E-state index is -0.300. The van der Waals surface area contributed by atoms with Crippen molar-refractivity contribution in [3.05, 3.63) is 72.6 Å². The summed E-state index contributed by atoms with van der Waals surface area (Å²) < 4.78 is 18.4. The van der Waals surface area contributed by atoms with Crippen molar-refractivity contribution in [2.24, 2.45) is 5.10 Å². The fraction of sp³-hybridized carbons (Fsp3) is 0.261. The second kappa shape index (κ2) is 9.05. The van der Waals surface area contributed by atoms with Crippen LogP contribution in [0.3, 0.4) is 0 Å². The molecule has 0 saturated heterocycles. The van der Waals surface area contributed by atoms with Gasteiger partial charge in [-0.15, -0.1) is 0 Å². The molecule has 4 heterocycles. The van der Waals surface area contributed by atoms with Gasteiger partial charge in [0.25, 0.3) is 5.91 Å². The van der Waals surface area contributed by atoms with Gasteiger partial charge in [0.15, 0.2) is 5.16 Å². The van der Waals surface area contributed by atoms with Crippen LogP contribution in [0.5, 0.6) is 0 Å². The van der Waals surface area contributed by atoms with Crippen LogP contribution in [0.25, 0.3) is 11.0 Å². The number of aromatic nitrogens is 2. The van der Waals surface area contributed by atoms with Crippen LogP contribution in [0.4, 0.5) is 0 Å². The molecular formula is C23H22N4O4S. The molecule has 0 aliphatic carbocycles. The number of ether oxygens (including phenoxy) is 1. The lowest BCUT2D eigenvalue weighted by Gasteiger charge is -2.19. The summed E-state index contributed by atoms with van der Waals surface area (Å²) in [4.78, 5) is 18.0. The first-order valence-corrected chi connectivity index (χ1v) is 11.3. The SMILES string of the molecule is COCCn1c(SCC(=O)N2N=C(c3ccco3)CC2c2ccco2)nc2ccccc21. The maximum absolute atomic E-state index is 13.2. The normalized spacial score (nSPS) is 16.1. The molecule has 0 spiro atoms. The van der Waals surface area contributed by atoms with Gasteiger partial charge >= 0.3 is 0 Å². The Hall–Kier alpha value is -3.30. The molecule has 1 amide bonds. The number of methoxy groups -OCH3 is 1. The Morgan fingerprint density at radius 1 is 1.16 bits per heavy atom. The summed E-state index contributed by atoms with van der Waals surface area (Å²) in [6.45, 7) is 1.22. The van der Waals surface area contributed by atoms with Crippen molar-refractivity contribution < 1.29 is 18.4 Å². The van der Waals surface area contributed by atoms with E-state index in [1.54, 1.807) is 19.6 Å². The number of carbonyl (C=O) groups is 1. The molecule has 5 rings (SSSR count). The summed E-state index contributed by atoms with van der Waals surface area (Å²) in [6, 6.07) is 15.0. The van der Waals surface area contributed by atoms with Crippen LogP contribution >= 0.6 is 11.8 Å². The summed E-state index contributed by atoms with van der Waals surface area (Å²) in [7, 11) is 1.67. The molecule has 1 atom stereocenters. The molecule has 1 aromatic carbocycles. The van der Waals surface area contributed by atoms with E-state index in [0.29, 0.717) is 31.1 Å². The molecule has 0 N–H and O–H groups in total. The fourth-order valence-electron chi connectivity index (χ4n) is 3.79. The van der Waals surface area contributed by atoms with E-state index >= 15 is 0 Å². The first-order valence-electron chi connectivity index (χ1n) is 10.3. The van der Waals surface area contributed by atoms with Crippen molar-refractivity contribution in [1.82, 2.24) is 14.6 Å². The summed E-state index contributed by atoms with van der Waals surface area (Å²) in [5.41, 5.74) is 2.64. The highest BCUT2D eigenvalue weighted by molar-refractivity contribution is 7.99. The Bertz CT molecular complexity index is 1230. The molecule has 164 valence electrons. The minimum Gasteiger partial charge on any atom is -0.467 e. The van der Waals surface area contributed by atoms with Crippen LogP contribution in [0.15, 0.2) is 80.1 Å².